The molecule has 3 rings (SSSR count). The summed E-state index contributed by atoms with van der Waals surface area (Å²) in [6, 6.07) is 7.82. The molecule has 0 radical (unpaired) electrons. The highest BCUT2D eigenvalue weighted by molar-refractivity contribution is 5.76. The highest BCUT2D eigenvalue weighted by Crippen LogP contribution is 2.14. The lowest BCUT2D eigenvalue weighted by Crippen LogP contribution is -2.27. The van der Waals surface area contributed by atoms with Gasteiger partial charge in [0.25, 0.3) is 5.56 Å². The Morgan fingerprint density at radius 1 is 1.32 bits per heavy atom. The number of fused-ring (bicyclic) bond motifs is 1. The minimum Gasteiger partial charge on any atom is -0.353 e. The lowest BCUT2D eigenvalue weighted by molar-refractivity contribution is -0.121. The van der Waals surface area contributed by atoms with E-state index in [0.717, 1.165) is 11.3 Å². The van der Waals surface area contributed by atoms with Crippen molar-refractivity contribution in [2.45, 2.75) is 19.9 Å². The molecule has 0 aliphatic heterocycles. The lowest BCUT2D eigenvalue weighted by atomic mass is 10.2. The van der Waals surface area contributed by atoms with Crippen LogP contribution in [-0.4, -0.2) is 31.8 Å². The summed E-state index contributed by atoms with van der Waals surface area (Å²) in [5.41, 5.74) is 2.28. The molecule has 0 bridgehead atoms. The van der Waals surface area contributed by atoms with Gasteiger partial charge in [-0.05, 0) is 19.1 Å². The molecule has 1 aromatic carbocycles. The van der Waals surface area contributed by atoms with Gasteiger partial charge in [0.1, 0.15) is 5.39 Å². The molecule has 0 fully saturated rings. The minimum absolute atomic E-state index is 0.137. The topological polar surface area (TPSA) is 81.8 Å². The van der Waals surface area contributed by atoms with Gasteiger partial charge in [0.15, 0.2) is 5.65 Å². The lowest BCUT2D eigenvalue weighted by Gasteiger charge is -2.07. The van der Waals surface area contributed by atoms with Crippen molar-refractivity contribution in [3.05, 3.63) is 65.4 Å². The number of aryl methyl sites for hydroxylation is 2. The number of carbonyl (C=O) groups is 1. The number of hydrogen-bond donors (Lipinski definition) is 1. The second-order valence-corrected chi connectivity index (χ2v) is 5.72. The summed E-state index contributed by atoms with van der Waals surface area (Å²) < 4.78 is 3.06. The fourth-order valence-corrected chi connectivity index (χ4v) is 2.48. The largest absolute Gasteiger partial charge is 0.353 e. The summed E-state index contributed by atoms with van der Waals surface area (Å²) in [4.78, 5) is 28.6. The summed E-state index contributed by atoms with van der Waals surface area (Å²) in [7, 11) is 0. The van der Waals surface area contributed by atoms with Crippen LogP contribution in [0, 0.1) is 6.92 Å². The molecule has 0 aliphatic carbocycles. The number of carbonyl (C=O) groups excluding carboxylic acids is 1. The third-order valence-electron chi connectivity index (χ3n) is 3.86. The molecule has 0 unspecified atom stereocenters. The molecule has 7 nitrogen and oxygen atoms in total. The van der Waals surface area contributed by atoms with Gasteiger partial charge in [-0.15, -0.1) is 6.58 Å². The predicted octanol–water partition coefficient (Wildman–Crippen LogP) is 1.58. The van der Waals surface area contributed by atoms with Crippen LogP contribution in [0.4, 0.5) is 0 Å². The number of benzene rings is 1. The van der Waals surface area contributed by atoms with Gasteiger partial charge in [0.05, 0.1) is 18.2 Å². The second-order valence-electron chi connectivity index (χ2n) is 5.72. The summed E-state index contributed by atoms with van der Waals surface area (Å²) >= 11 is 0. The van der Waals surface area contributed by atoms with Crippen LogP contribution < -0.4 is 10.9 Å². The molecule has 1 amide bonds. The van der Waals surface area contributed by atoms with Crippen LogP contribution in [0.5, 0.6) is 0 Å². The molecular weight excluding hydrogens is 318 g/mol. The third kappa shape index (κ3) is 3.50. The molecule has 0 spiro atoms. The first kappa shape index (κ1) is 16.6. The van der Waals surface area contributed by atoms with E-state index in [1.165, 1.54) is 17.1 Å². The van der Waals surface area contributed by atoms with Crippen molar-refractivity contribution in [3.63, 3.8) is 0 Å². The van der Waals surface area contributed by atoms with Crippen LogP contribution in [0.1, 0.15) is 12.0 Å². The molecule has 2 aromatic heterocycles. The Balaban J connectivity index is 1.86. The third-order valence-corrected chi connectivity index (χ3v) is 3.86. The maximum absolute atomic E-state index is 12.6. The fraction of sp³-hybridized carbons (Fsp3) is 0.222. The normalized spacial score (nSPS) is 10.8. The maximum atomic E-state index is 12.6. The summed E-state index contributed by atoms with van der Waals surface area (Å²) in [6.45, 7) is 6.22. The zero-order valence-corrected chi connectivity index (χ0v) is 14.0. The molecule has 1 N–H and O–H groups in total. The highest BCUT2D eigenvalue weighted by atomic mass is 16.1. The monoisotopic (exact) mass is 337 g/mol. The van der Waals surface area contributed by atoms with Gasteiger partial charge < -0.3 is 5.32 Å². The Morgan fingerprint density at radius 3 is 2.80 bits per heavy atom. The Morgan fingerprint density at radius 2 is 2.08 bits per heavy atom. The first-order valence-electron chi connectivity index (χ1n) is 7.98. The molecule has 2 heterocycles. The van der Waals surface area contributed by atoms with Crippen LogP contribution in [0.3, 0.4) is 0 Å². The van der Waals surface area contributed by atoms with E-state index in [4.69, 9.17) is 0 Å². The minimum atomic E-state index is -0.208. The van der Waals surface area contributed by atoms with E-state index in [9.17, 15) is 9.59 Å². The number of nitrogens with zero attached hydrogens (tertiary/aromatic N) is 4. The number of rotatable bonds is 6. The molecular formula is C18H19N5O2. The van der Waals surface area contributed by atoms with Crippen molar-refractivity contribution < 1.29 is 4.79 Å². The molecule has 3 aromatic rings. The number of nitrogens with one attached hydrogen (secondary N) is 1. The molecule has 0 saturated carbocycles. The summed E-state index contributed by atoms with van der Waals surface area (Å²) in [5.74, 6) is -0.137. The van der Waals surface area contributed by atoms with E-state index >= 15 is 0 Å². The molecule has 0 atom stereocenters. The Hall–Kier alpha value is -3.22. The summed E-state index contributed by atoms with van der Waals surface area (Å²) in [6.07, 6.45) is 4.78. The Labute approximate surface area is 144 Å². The quantitative estimate of drug-likeness (QED) is 0.693. The highest BCUT2D eigenvalue weighted by Gasteiger charge is 2.12. The SMILES string of the molecule is C=CCNC(=O)CCn1cnc2c(cnn2-c2ccc(C)cc2)c1=O. The molecule has 7 heteroatoms. The van der Waals surface area contributed by atoms with Gasteiger partial charge >= 0.3 is 0 Å². The van der Waals surface area contributed by atoms with E-state index in [2.05, 4.69) is 22.0 Å². The van der Waals surface area contributed by atoms with Crippen molar-refractivity contribution in [2.75, 3.05) is 6.54 Å². The zero-order valence-electron chi connectivity index (χ0n) is 14.0. The van der Waals surface area contributed by atoms with E-state index in [1.54, 1.807) is 10.8 Å². The van der Waals surface area contributed by atoms with Crippen LogP contribution >= 0.6 is 0 Å². The first-order chi connectivity index (χ1) is 12.1. The Kier molecular flexibility index (Phi) is 4.74. The van der Waals surface area contributed by atoms with Crippen molar-refractivity contribution in [2.24, 2.45) is 0 Å². The van der Waals surface area contributed by atoms with Gasteiger partial charge in [0.2, 0.25) is 5.91 Å². The van der Waals surface area contributed by atoms with Crippen molar-refractivity contribution >= 4 is 16.9 Å². The Bertz CT molecular complexity index is 969. The molecule has 0 saturated heterocycles. The first-order valence-corrected chi connectivity index (χ1v) is 7.98. The number of amides is 1. The average Bonchev–Trinajstić information content (AvgIpc) is 3.05. The van der Waals surface area contributed by atoms with Crippen molar-refractivity contribution in [1.29, 1.82) is 0 Å². The van der Waals surface area contributed by atoms with Crippen LogP contribution in [0.15, 0.2) is 54.2 Å². The van der Waals surface area contributed by atoms with Gasteiger partial charge in [0, 0.05) is 19.5 Å². The van der Waals surface area contributed by atoms with Crippen LogP contribution in [0.25, 0.3) is 16.7 Å². The maximum Gasteiger partial charge on any atom is 0.264 e. The van der Waals surface area contributed by atoms with E-state index in [-0.39, 0.29) is 24.4 Å². The molecule has 128 valence electrons. The summed E-state index contributed by atoms with van der Waals surface area (Å²) in [5, 5.41) is 7.39. The molecule has 0 aliphatic rings. The van der Waals surface area contributed by atoms with E-state index in [0.29, 0.717) is 17.6 Å². The van der Waals surface area contributed by atoms with E-state index < -0.39 is 0 Å². The van der Waals surface area contributed by atoms with Crippen molar-refractivity contribution in [3.8, 4) is 5.69 Å². The fourth-order valence-electron chi connectivity index (χ4n) is 2.48. The number of hydrogen-bond acceptors (Lipinski definition) is 4. The van der Waals surface area contributed by atoms with Crippen LogP contribution in [-0.2, 0) is 11.3 Å². The van der Waals surface area contributed by atoms with Crippen molar-refractivity contribution in [1.82, 2.24) is 24.6 Å². The second kappa shape index (κ2) is 7.12. The number of aromatic nitrogens is 4. The molecule has 25 heavy (non-hydrogen) atoms. The van der Waals surface area contributed by atoms with Crippen LogP contribution in [0.2, 0.25) is 0 Å². The van der Waals surface area contributed by atoms with E-state index in [1.807, 2.05) is 31.2 Å². The van der Waals surface area contributed by atoms with Gasteiger partial charge in [-0.3, -0.25) is 14.2 Å². The smallest absolute Gasteiger partial charge is 0.264 e. The van der Waals surface area contributed by atoms with Gasteiger partial charge in [-0.1, -0.05) is 23.8 Å². The predicted molar refractivity (Wildman–Crippen MR) is 95.7 cm³/mol. The zero-order chi connectivity index (χ0) is 17.8. The average molecular weight is 337 g/mol. The standard InChI is InChI=1S/C18H19N5O2/c1-3-9-19-16(24)8-10-22-12-20-17-15(18(22)25)11-21-23(17)14-6-4-13(2)5-7-14/h3-7,11-12H,1,8-10H2,2H3,(H,19,24). The van der Waals surface area contributed by atoms with Gasteiger partial charge in [-0.25, -0.2) is 9.67 Å². The van der Waals surface area contributed by atoms with Gasteiger partial charge in [-0.2, -0.15) is 5.10 Å².